The predicted octanol–water partition coefficient (Wildman–Crippen LogP) is 5.81. The summed E-state index contributed by atoms with van der Waals surface area (Å²) in [7, 11) is 0. The van der Waals surface area contributed by atoms with Crippen LogP contribution in [0.3, 0.4) is 0 Å². The highest BCUT2D eigenvalue weighted by Crippen LogP contribution is 2.31. The summed E-state index contributed by atoms with van der Waals surface area (Å²) in [6.07, 6.45) is 0. The molecule has 6 nitrogen and oxygen atoms in total. The van der Waals surface area contributed by atoms with Gasteiger partial charge < -0.3 is 20.1 Å². The van der Waals surface area contributed by atoms with Crippen molar-refractivity contribution in [1.82, 2.24) is 0 Å². The minimum absolute atomic E-state index is 0.147. The van der Waals surface area contributed by atoms with Crippen molar-refractivity contribution < 1.29 is 27.8 Å². The Kier molecular flexibility index (Phi) is 7.38. The van der Waals surface area contributed by atoms with Crippen LogP contribution in [0.5, 0.6) is 0 Å². The predicted molar refractivity (Wildman–Crippen MR) is 118 cm³/mol. The Labute approximate surface area is 184 Å². The van der Waals surface area contributed by atoms with E-state index in [1.54, 1.807) is 13.8 Å². The Morgan fingerprint density at radius 3 is 1.34 bits per heavy atom. The fraction of sp³-hybridized carbons (Fsp3) is 0.167. The van der Waals surface area contributed by atoms with Gasteiger partial charge in [-0.2, -0.15) is 0 Å². The van der Waals surface area contributed by atoms with Gasteiger partial charge in [-0.25, -0.2) is 18.4 Å². The van der Waals surface area contributed by atoms with Crippen LogP contribution in [0.1, 0.15) is 34.6 Å². The van der Waals surface area contributed by atoms with Gasteiger partial charge in [0.25, 0.3) is 0 Å². The molecule has 0 atom stereocenters. The molecule has 32 heavy (non-hydrogen) atoms. The zero-order chi connectivity index (χ0) is 23.1. The van der Waals surface area contributed by atoms with E-state index in [1.165, 1.54) is 60.7 Å². The van der Waals surface area contributed by atoms with Gasteiger partial charge in [0.05, 0.1) is 35.7 Å². The summed E-state index contributed by atoms with van der Waals surface area (Å²) in [4.78, 5) is 25.3. The highest BCUT2D eigenvalue weighted by molar-refractivity contribution is 6.04. The first-order chi connectivity index (χ1) is 15.4. The maximum Gasteiger partial charge on any atom is 0.340 e. The standard InChI is InChI=1S/C24H22F2N2O4/c1-3-31-23(29)19-13-22(28-18-11-7-16(26)8-12-18)20(24(30)32-4-2)14-21(19)27-17-9-5-15(25)6-10-17/h5-14,27-28H,3-4H2,1-2H3. The Hall–Kier alpha value is -3.94. The van der Waals surface area contributed by atoms with E-state index in [0.29, 0.717) is 11.4 Å². The van der Waals surface area contributed by atoms with Crippen molar-refractivity contribution in [1.29, 1.82) is 0 Å². The molecule has 3 aromatic rings. The van der Waals surface area contributed by atoms with Gasteiger partial charge in [-0.1, -0.05) is 0 Å². The van der Waals surface area contributed by atoms with Crippen LogP contribution < -0.4 is 10.6 Å². The van der Waals surface area contributed by atoms with E-state index >= 15 is 0 Å². The fourth-order valence-electron chi connectivity index (χ4n) is 2.94. The van der Waals surface area contributed by atoms with Gasteiger partial charge in [0.15, 0.2) is 0 Å². The second-order valence-electron chi connectivity index (χ2n) is 6.65. The van der Waals surface area contributed by atoms with Gasteiger partial charge in [0, 0.05) is 11.4 Å². The molecule has 0 spiro atoms. The molecular weight excluding hydrogens is 418 g/mol. The summed E-state index contributed by atoms with van der Waals surface area (Å²) in [5.41, 5.74) is 1.87. The molecule has 0 unspecified atom stereocenters. The molecule has 0 aliphatic rings. The number of halogens is 2. The summed E-state index contributed by atoms with van der Waals surface area (Å²) in [5, 5.41) is 6.04. The van der Waals surface area contributed by atoms with Crippen LogP contribution in [0.4, 0.5) is 31.5 Å². The Bertz CT molecular complexity index is 1010. The third kappa shape index (κ3) is 5.60. The molecule has 2 N–H and O–H groups in total. The quantitative estimate of drug-likeness (QED) is 0.431. The first kappa shape index (κ1) is 22.7. The lowest BCUT2D eigenvalue weighted by Gasteiger charge is -2.18. The summed E-state index contributed by atoms with van der Waals surface area (Å²) < 4.78 is 36.9. The molecule has 0 heterocycles. The maximum absolute atomic E-state index is 13.3. The SMILES string of the molecule is CCOC(=O)c1cc(Nc2ccc(F)cc2)c(C(=O)OCC)cc1Nc1ccc(F)cc1. The molecule has 0 saturated carbocycles. The third-order valence-corrected chi connectivity index (χ3v) is 4.39. The Morgan fingerprint density at radius 2 is 1.03 bits per heavy atom. The first-order valence-corrected chi connectivity index (χ1v) is 9.98. The number of anilines is 4. The number of rotatable bonds is 8. The average molecular weight is 440 g/mol. The van der Waals surface area contributed by atoms with Crippen LogP contribution in [-0.2, 0) is 9.47 Å². The highest BCUT2D eigenvalue weighted by atomic mass is 19.1. The van der Waals surface area contributed by atoms with Gasteiger partial charge in [0.1, 0.15) is 11.6 Å². The van der Waals surface area contributed by atoms with Crippen molar-refractivity contribution in [3.05, 3.63) is 83.4 Å². The molecule has 0 saturated heterocycles. The normalized spacial score (nSPS) is 10.4. The van der Waals surface area contributed by atoms with E-state index in [0.717, 1.165) is 0 Å². The van der Waals surface area contributed by atoms with Gasteiger partial charge in [-0.05, 0) is 74.5 Å². The lowest BCUT2D eigenvalue weighted by atomic mass is 10.0. The average Bonchev–Trinajstić information content (AvgIpc) is 2.78. The summed E-state index contributed by atoms with van der Waals surface area (Å²) in [6, 6.07) is 14.0. The van der Waals surface area contributed by atoms with Crippen LogP contribution in [0, 0.1) is 11.6 Å². The molecule has 8 heteroatoms. The third-order valence-electron chi connectivity index (χ3n) is 4.39. The van der Waals surface area contributed by atoms with E-state index in [1.807, 2.05) is 0 Å². The molecule has 0 aromatic heterocycles. The first-order valence-electron chi connectivity index (χ1n) is 9.98. The number of ether oxygens (including phenoxy) is 2. The van der Waals surface area contributed by atoms with Gasteiger partial charge in [-0.3, -0.25) is 0 Å². The zero-order valence-electron chi connectivity index (χ0n) is 17.6. The van der Waals surface area contributed by atoms with Crippen LogP contribution >= 0.6 is 0 Å². The molecule has 166 valence electrons. The summed E-state index contributed by atoms with van der Waals surface area (Å²) in [5.74, 6) is -2.05. The van der Waals surface area contributed by atoms with E-state index in [2.05, 4.69) is 10.6 Å². The number of carbonyl (C=O) groups excluding carboxylic acids is 2. The van der Waals surface area contributed by atoms with E-state index in [-0.39, 0.29) is 35.7 Å². The van der Waals surface area contributed by atoms with Crippen LogP contribution in [-0.4, -0.2) is 25.2 Å². The lowest BCUT2D eigenvalue weighted by molar-refractivity contribution is 0.0513. The lowest BCUT2D eigenvalue weighted by Crippen LogP contribution is -2.13. The minimum Gasteiger partial charge on any atom is -0.462 e. The maximum atomic E-state index is 13.3. The number of benzene rings is 3. The van der Waals surface area contributed by atoms with Crippen molar-refractivity contribution in [3.8, 4) is 0 Å². The summed E-state index contributed by atoms with van der Waals surface area (Å²) in [6.45, 7) is 3.65. The molecule has 0 fully saturated rings. The monoisotopic (exact) mass is 440 g/mol. The van der Waals surface area contributed by atoms with Crippen LogP contribution in [0.15, 0.2) is 60.7 Å². The van der Waals surface area contributed by atoms with Crippen molar-refractivity contribution in [2.75, 3.05) is 23.8 Å². The van der Waals surface area contributed by atoms with Crippen molar-refractivity contribution in [3.63, 3.8) is 0 Å². The number of esters is 2. The van der Waals surface area contributed by atoms with E-state index in [4.69, 9.17) is 9.47 Å². The Balaban J connectivity index is 2.10. The second-order valence-corrected chi connectivity index (χ2v) is 6.65. The van der Waals surface area contributed by atoms with Crippen LogP contribution in [0.25, 0.3) is 0 Å². The van der Waals surface area contributed by atoms with Crippen molar-refractivity contribution in [2.24, 2.45) is 0 Å². The number of nitrogens with one attached hydrogen (secondary N) is 2. The number of hydrogen-bond acceptors (Lipinski definition) is 6. The zero-order valence-corrected chi connectivity index (χ0v) is 17.6. The van der Waals surface area contributed by atoms with Crippen LogP contribution in [0.2, 0.25) is 0 Å². The van der Waals surface area contributed by atoms with Gasteiger partial charge in [0.2, 0.25) is 0 Å². The smallest absolute Gasteiger partial charge is 0.340 e. The van der Waals surface area contributed by atoms with E-state index < -0.39 is 23.6 Å². The van der Waals surface area contributed by atoms with Gasteiger partial charge in [-0.15, -0.1) is 0 Å². The molecule has 3 aromatic carbocycles. The highest BCUT2D eigenvalue weighted by Gasteiger charge is 2.21. The Morgan fingerprint density at radius 1 is 0.688 bits per heavy atom. The summed E-state index contributed by atoms with van der Waals surface area (Å²) >= 11 is 0. The second kappa shape index (κ2) is 10.4. The van der Waals surface area contributed by atoms with E-state index in [9.17, 15) is 18.4 Å². The minimum atomic E-state index is -0.616. The fourth-order valence-corrected chi connectivity index (χ4v) is 2.94. The van der Waals surface area contributed by atoms with Gasteiger partial charge >= 0.3 is 11.9 Å². The molecule has 0 amide bonds. The van der Waals surface area contributed by atoms with Crippen molar-refractivity contribution >= 4 is 34.7 Å². The number of hydrogen-bond donors (Lipinski definition) is 2. The molecular formula is C24H22F2N2O4. The van der Waals surface area contributed by atoms with Crippen molar-refractivity contribution in [2.45, 2.75) is 13.8 Å². The molecule has 0 aliphatic heterocycles. The number of carbonyl (C=O) groups is 2. The topological polar surface area (TPSA) is 76.7 Å². The largest absolute Gasteiger partial charge is 0.462 e. The molecule has 3 rings (SSSR count). The molecule has 0 radical (unpaired) electrons. The molecule has 0 bridgehead atoms. The molecule has 0 aliphatic carbocycles.